The Labute approximate surface area is 119 Å². The molecule has 2 aromatic rings. The van der Waals surface area contributed by atoms with Crippen LogP contribution in [-0.2, 0) is 16.6 Å². The fourth-order valence-electron chi connectivity index (χ4n) is 2.08. The SMILES string of the molecule is CC(C)(C(=O)Cc1ccc(O)cc1)c1ccc(N)cc1. The normalized spacial score (nSPS) is 11.3. The van der Waals surface area contributed by atoms with Crippen LogP contribution in [0.15, 0.2) is 48.5 Å². The molecule has 0 radical (unpaired) electrons. The van der Waals surface area contributed by atoms with Crippen molar-refractivity contribution in [1.29, 1.82) is 0 Å². The minimum Gasteiger partial charge on any atom is -0.508 e. The van der Waals surface area contributed by atoms with Gasteiger partial charge in [0, 0.05) is 17.5 Å². The Balaban J connectivity index is 2.18. The molecule has 0 saturated carbocycles. The van der Waals surface area contributed by atoms with Gasteiger partial charge < -0.3 is 10.8 Å². The molecule has 0 amide bonds. The number of rotatable bonds is 4. The van der Waals surface area contributed by atoms with E-state index in [4.69, 9.17) is 5.73 Å². The van der Waals surface area contributed by atoms with Crippen molar-refractivity contribution in [2.45, 2.75) is 25.7 Å². The molecule has 3 N–H and O–H groups in total. The quantitative estimate of drug-likeness (QED) is 0.838. The summed E-state index contributed by atoms with van der Waals surface area (Å²) in [7, 11) is 0. The minimum absolute atomic E-state index is 0.132. The Morgan fingerprint density at radius 1 is 1.05 bits per heavy atom. The van der Waals surface area contributed by atoms with Crippen LogP contribution in [0.1, 0.15) is 25.0 Å². The van der Waals surface area contributed by atoms with Crippen LogP contribution in [0.2, 0.25) is 0 Å². The molecule has 0 unspecified atom stereocenters. The van der Waals surface area contributed by atoms with E-state index in [0.29, 0.717) is 12.1 Å². The number of Topliss-reactive ketones (excluding diaryl/α,β-unsaturated/α-hetero) is 1. The molecule has 0 aliphatic carbocycles. The molecule has 0 spiro atoms. The number of hydrogen-bond donors (Lipinski definition) is 2. The number of carbonyl (C=O) groups excluding carboxylic acids is 1. The molecule has 0 aliphatic rings. The van der Waals surface area contributed by atoms with E-state index in [1.807, 2.05) is 38.1 Å². The van der Waals surface area contributed by atoms with Gasteiger partial charge in [0.15, 0.2) is 0 Å². The summed E-state index contributed by atoms with van der Waals surface area (Å²) >= 11 is 0. The van der Waals surface area contributed by atoms with Gasteiger partial charge in [0.25, 0.3) is 0 Å². The van der Waals surface area contributed by atoms with Gasteiger partial charge in [-0.2, -0.15) is 0 Å². The van der Waals surface area contributed by atoms with Crippen LogP contribution in [0.5, 0.6) is 5.75 Å². The number of ketones is 1. The largest absolute Gasteiger partial charge is 0.508 e. The smallest absolute Gasteiger partial charge is 0.147 e. The first-order chi connectivity index (χ1) is 9.39. The van der Waals surface area contributed by atoms with E-state index < -0.39 is 5.41 Å². The lowest BCUT2D eigenvalue weighted by Gasteiger charge is -2.24. The van der Waals surface area contributed by atoms with Crippen LogP contribution in [0, 0.1) is 0 Å². The van der Waals surface area contributed by atoms with Crippen LogP contribution in [0.25, 0.3) is 0 Å². The summed E-state index contributed by atoms with van der Waals surface area (Å²) in [6.07, 6.45) is 0.345. The third-order valence-corrected chi connectivity index (χ3v) is 3.63. The van der Waals surface area contributed by atoms with Gasteiger partial charge in [-0.1, -0.05) is 24.3 Å². The number of nitrogens with two attached hydrogens (primary N) is 1. The van der Waals surface area contributed by atoms with Crippen LogP contribution >= 0.6 is 0 Å². The highest BCUT2D eigenvalue weighted by molar-refractivity contribution is 5.91. The van der Waals surface area contributed by atoms with Gasteiger partial charge in [-0.3, -0.25) is 4.79 Å². The third-order valence-electron chi connectivity index (χ3n) is 3.63. The Bertz CT molecular complexity index is 598. The molecule has 0 aliphatic heterocycles. The second-order valence-corrected chi connectivity index (χ2v) is 5.51. The lowest BCUT2D eigenvalue weighted by Crippen LogP contribution is -2.30. The second kappa shape index (κ2) is 5.37. The van der Waals surface area contributed by atoms with Gasteiger partial charge in [0.2, 0.25) is 0 Å². The summed E-state index contributed by atoms with van der Waals surface area (Å²) in [4.78, 5) is 12.5. The van der Waals surface area contributed by atoms with Gasteiger partial charge in [0.05, 0.1) is 0 Å². The number of benzene rings is 2. The van der Waals surface area contributed by atoms with Crippen molar-refractivity contribution in [1.82, 2.24) is 0 Å². The lowest BCUT2D eigenvalue weighted by atomic mass is 9.78. The molecular formula is C17H19NO2. The van der Waals surface area contributed by atoms with E-state index in [1.54, 1.807) is 24.3 Å². The summed E-state index contributed by atoms with van der Waals surface area (Å²) in [5.74, 6) is 0.340. The molecule has 0 heterocycles. The zero-order valence-corrected chi connectivity index (χ0v) is 11.8. The first-order valence-electron chi connectivity index (χ1n) is 6.57. The van der Waals surface area contributed by atoms with Gasteiger partial charge >= 0.3 is 0 Å². The molecule has 20 heavy (non-hydrogen) atoms. The number of phenolic OH excluding ortho intramolecular Hbond substituents is 1. The minimum atomic E-state index is -0.564. The maximum absolute atomic E-state index is 12.5. The molecule has 2 aromatic carbocycles. The first-order valence-corrected chi connectivity index (χ1v) is 6.57. The predicted octanol–water partition coefficient (Wildman–Crippen LogP) is 3.06. The maximum atomic E-state index is 12.5. The number of anilines is 1. The average Bonchev–Trinajstić information content (AvgIpc) is 2.42. The average molecular weight is 269 g/mol. The molecule has 0 bridgehead atoms. The van der Waals surface area contributed by atoms with Crippen molar-refractivity contribution in [2.24, 2.45) is 0 Å². The van der Waals surface area contributed by atoms with Gasteiger partial charge in [-0.15, -0.1) is 0 Å². The highest BCUT2D eigenvalue weighted by Crippen LogP contribution is 2.27. The van der Waals surface area contributed by atoms with Crippen LogP contribution in [-0.4, -0.2) is 10.9 Å². The molecule has 0 aromatic heterocycles. The molecule has 104 valence electrons. The van der Waals surface area contributed by atoms with E-state index >= 15 is 0 Å². The first kappa shape index (κ1) is 14.1. The molecular weight excluding hydrogens is 250 g/mol. The van der Waals surface area contributed by atoms with Crippen LogP contribution in [0.4, 0.5) is 5.69 Å². The summed E-state index contributed by atoms with van der Waals surface area (Å²) in [5, 5.41) is 9.26. The number of aromatic hydroxyl groups is 1. The number of phenols is 1. The summed E-state index contributed by atoms with van der Waals surface area (Å²) in [6.45, 7) is 3.84. The fraction of sp³-hybridized carbons (Fsp3) is 0.235. The Morgan fingerprint density at radius 3 is 2.15 bits per heavy atom. The van der Waals surface area contributed by atoms with E-state index in [-0.39, 0.29) is 11.5 Å². The highest BCUT2D eigenvalue weighted by atomic mass is 16.3. The zero-order chi connectivity index (χ0) is 14.8. The van der Waals surface area contributed by atoms with Crippen molar-refractivity contribution >= 4 is 11.5 Å². The van der Waals surface area contributed by atoms with Crippen molar-refractivity contribution in [3.63, 3.8) is 0 Å². The standard InChI is InChI=1S/C17H19NO2/c1-17(2,13-5-7-14(18)8-6-13)16(20)11-12-3-9-15(19)10-4-12/h3-10,19H,11,18H2,1-2H3. The number of carbonyl (C=O) groups is 1. The Morgan fingerprint density at radius 2 is 1.60 bits per heavy atom. The zero-order valence-electron chi connectivity index (χ0n) is 11.8. The van der Waals surface area contributed by atoms with Gasteiger partial charge in [0.1, 0.15) is 11.5 Å². The summed E-state index contributed by atoms with van der Waals surface area (Å²) in [5.41, 5.74) is 7.66. The van der Waals surface area contributed by atoms with Crippen molar-refractivity contribution < 1.29 is 9.90 Å². The molecule has 3 heteroatoms. The van der Waals surface area contributed by atoms with E-state index in [2.05, 4.69) is 0 Å². The topological polar surface area (TPSA) is 63.3 Å². The van der Waals surface area contributed by atoms with Gasteiger partial charge in [-0.05, 0) is 49.2 Å². The van der Waals surface area contributed by atoms with Crippen LogP contribution in [0.3, 0.4) is 0 Å². The Kier molecular flexibility index (Phi) is 3.79. The van der Waals surface area contributed by atoms with Gasteiger partial charge in [-0.25, -0.2) is 0 Å². The molecule has 0 atom stereocenters. The fourth-order valence-corrected chi connectivity index (χ4v) is 2.08. The van der Waals surface area contributed by atoms with E-state index in [1.165, 1.54) is 0 Å². The van der Waals surface area contributed by atoms with E-state index in [0.717, 1.165) is 11.1 Å². The molecule has 0 saturated heterocycles. The summed E-state index contributed by atoms with van der Waals surface area (Å²) < 4.78 is 0. The molecule has 2 rings (SSSR count). The predicted molar refractivity (Wildman–Crippen MR) is 80.7 cm³/mol. The number of nitrogen functional groups attached to an aromatic ring is 1. The molecule has 3 nitrogen and oxygen atoms in total. The van der Waals surface area contributed by atoms with Crippen molar-refractivity contribution in [3.05, 3.63) is 59.7 Å². The summed E-state index contributed by atoms with van der Waals surface area (Å²) in [6, 6.07) is 14.1. The number of hydrogen-bond acceptors (Lipinski definition) is 3. The van der Waals surface area contributed by atoms with Crippen molar-refractivity contribution in [3.8, 4) is 5.75 Å². The second-order valence-electron chi connectivity index (χ2n) is 5.51. The molecule has 0 fully saturated rings. The monoisotopic (exact) mass is 269 g/mol. The third kappa shape index (κ3) is 2.99. The maximum Gasteiger partial charge on any atom is 0.147 e. The lowest BCUT2D eigenvalue weighted by molar-refractivity contribution is -0.122. The highest BCUT2D eigenvalue weighted by Gasteiger charge is 2.29. The Hall–Kier alpha value is -2.29. The van der Waals surface area contributed by atoms with Crippen molar-refractivity contribution in [2.75, 3.05) is 5.73 Å². The van der Waals surface area contributed by atoms with Crippen LogP contribution < -0.4 is 5.73 Å². The van der Waals surface area contributed by atoms with E-state index in [9.17, 15) is 9.90 Å².